The van der Waals surface area contributed by atoms with Gasteiger partial charge in [0.1, 0.15) is 11.5 Å². The van der Waals surface area contributed by atoms with Crippen molar-refractivity contribution in [1.29, 1.82) is 0 Å². The first-order chi connectivity index (χ1) is 18.3. The second-order valence-electron chi connectivity index (χ2n) is 8.06. The third kappa shape index (κ3) is 6.47. The Hall–Kier alpha value is -4.42. The quantitative estimate of drug-likeness (QED) is 0.257. The van der Waals surface area contributed by atoms with Crippen molar-refractivity contribution in [3.8, 4) is 11.5 Å². The molecule has 3 aromatic carbocycles. The highest BCUT2D eigenvalue weighted by atomic mass is 32.2. The summed E-state index contributed by atoms with van der Waals surface area (Å²) < 4.78 is 44.8. The van der Waals surface area contributed by atoms with Crippen LogP contribution in [0.1, 0.15) is 6.42 Å². The van der Waals surface area contributed by atoms with E-state index in [1.807, 2.05) is 6.07 Å². The number of sulfonamides is 1. The number of nitrogens with zero attached hydrogens (tertiary/aromatic N) is 2. The van der Waals surface area contributed by atoms with E-state index < -0.39 is 10.0 Å². The first-order valence-electron chi connectivity index (χ1n) is 11.5. The summed E-state index contributed by atoms with van der Waals surface area (Å²) in [7, 11) is 0.440. The number of aromatic nitrogens is 2. The van der Waals surface area contributed by atoms with Gasteiger partial charge in [0.15, 0.2) is 11.6 Å². The summed E-state index contributed by atoms with van der Waals surface area (Å²) in [4.78, 5) is 21.1. The van der Waals surface area contributed by atoms with Crippen LogP contribution in [0.2, 0.25) is 0 Å². The molecule has 0 aliphatic rings. The molecule has 1 aromatic heterocycles. The molecule has 4 rings (SSSR count). The third-order valence-corrected chi connectivity index (χ3v) is 6.71. The molecule has 1 amide bonds. The summed E-state index contributed by atoms with van der Waals surface area (Å²) in [5.74, 6) is 0.931. The molecule has 198 valence electrons. The van der Waals surface area contributed by atoms with Crippen LogP contribution >= 0.6 is 0 Å². The van der Waals surface area contributed by atoms with Crippen LogP contribution in [0, 0.1) is 0 Å². The fraction of sp³-hybridized carbons (Fsp3) is 0.192. The Balaban J connectivity index is 1.68. The molecule has 11 nitrogen and oxygen atoms in total. The molecule has 0 saturated carbocycles. The predicted octanol–water partition coefficient (Wildman–Crippen LogP) is 4.17. The third-order valence-electron chi connectivity index (χ3n) is 5.38. The molecule has 1 heterocycles. The SMILES string of the molecule is COCCC(=O)Nc1cccc(S(=O)(=O)Nc2nc3ccccc3nc2Nc2cc(OC)cc(OC)c2)c1. The molecule has 0 bridgehead atoms. The number of benzene rings is 3. The molecule has 3 N–H and O–H groups in total. The molecular weight excluding hydrogens is 510 g/mol. The molecule has 0 atom stereocenters. The number of hydrogen-bond acceptors (Lipinski definition) is 9. The Morgan fingerprint density at radius 1 is 0.816 bits per heavy atom. The monoisotopic (exact) mass is 537 g/mol. The van der Waals surface area contributed by atoms with Gasteiger partial charge in [0.05, 0.1) is 43.2 Å². The van der Waals surface area contributed by atoms with Gasteiger partial charge in [-0.2, -0.15) is 0 Å². The number of nitrogens with one attached hydrogen (secondary N) is 3. The Bertz CT molecular complexity index is 1540. The predicted molar refractivity (Wildman–Crippen MR) is 145 cm³/mol. The van der Waals surface area contributed by atoms with Crippen molar-refractivity contribution >= 4 is 50.0 Å². The summed E-state index contributed by atoms with van der Waals surface area (Å²) in [5, 5.41) is 5.78. The number of fused-ring (bicyclic) bond motifs is 1. The summed E-state index contributed by atoms with van der Waals surface area (Å²) in [6.07, 6.45) is 0.141. The average molecular weight is 538 g/mol. The molecule has 0 unspecified atom stereocenters. The van der Waals surface area contributed by atoms with Crippen LogP contribution in [0.25, 0.3) is 11.0 Å². The number of amides is 1. The van der Waals surface area contributed by atoms with Crippen LogP contribution < -0.4 is 24.8 Å². The number of methoxy groups -OCH3 is 3. The molecule has 12 heteroatoms. The van der Waals surface area contributed by atoms with Crippen LogP contribution in [0.15, 0.2) is 71.6 Å². The number of rotatable bonds is 11. The van der Waals surface area contributed by atoms with Gasteiger partial charge in [-0.1, -0.05) is 18.2 Å². The number of anilines is 4. The van der Waals surface area contributed by atoms with Crippen LogP contribution in [0.3, 0.4) is 0 Å². The topological polar surface area (TPSA) is 141 Å². The zero-order valence-electron chi connectivity index (χ0n) is 21.0. The Morgan fingerprint density at radius 2 is 1.47 bits per heavy atom. The van der Waals surface area contributed by atoms with Crippen LogP contribution in [-0.2, 0) is 19.6 Å². The lowest BCUT2D eigenvalue weighted by atomic mass is 10.2. The van der Waals surface area contributed by atoms with Crippen molar-refractivity contribution in [2.45, 2.75) is 11.3 Å². The van der Waals surface area contributed by atoms with Crippen molar-refractivity contribution in [1.82, 2.24) is 9.97 Å². The van der Waals surface area contributed by atoms with Crippen molar-refractivity contribution in [2.24, 2.45) is 0 Å². The Morgan fingerprint density at radius 3 is 2.11 bits per heavy atom. The van der Waals surface area contributed by atoms with Crippen LogP contribution in [-0.4, -0.2) is 52.2 Å². The maximum atomic E-state index is 13.4. The zero-order chi connectivity index (χ0) is 27.1. The largest absolute Gasteiger partial charge is 0.497 e. The highest BCUT2D eigenvalue weighted by molar-refractivity contribution is 7.92. The summed E-state index contributed by atoms with van der Waals surface area (Å²) in [6, 6.07) is 18.2. The van der Waals surface area contributed by atoms with Gasteiger partial charge in [-0.15, -0.1) is 0 Å². The fourth-order valence-electron chi connectivity index (χ4n) is 3.52. The summed E-state index contributed by atoms with van der Waals surface area (Å²) in [6.45, 7) is 0.251. The van der Waals surface area contributed by atoms with Crippen molar-refractivity contribution in [3.05, 3.63) is 66.7 Å². The molecule has 0 spiro atoms. The molecule has 0 aliphatic carbocycles. The minimum Gasteiger partial charge on any atom is -0.497 e. The zero-order valence-corrected chi connectivity index (χ0v) is 21.8. The maximum absolute atomic E-state index is 13.4. The number of carbonyl (C=O) groups excluding carboxylic acids is 1. The minimum absolute atomic E-state index is 0.0139. The molecule has 0 saturated heterocycles. The lowest BCUT2D eigenvalue weighted by Gasteiger charge is -2.15. The van der Waals surface area contributed by atoms with Gasteiger partial charge in [0.2, 0.25) is 5.91 Å². The van der Waals surface area contributed by atoms with E-state index in [1.165, 1.54) is 39.5 Å². The number of para-hydroxylation sites is 2. The standard InChI is InChI=1S/C26H27N5O6S/c1-35-12-11-24(32)27-17-7-6-8-21(15-17)38(33,34)31-26-25(29-22-9-4-5-10-23(22)30-26)28-18-13-19(36-2)16-20(14-18)37-3/h4-10,13-16H,11-12H2,1-3H3,(H,27,32)(H,28,29)(H,30,31). The average Bonchev–Trinajstić information content (AvgIpc) is 2.92. The van der Waals surface area contributed by atoms with Gasteiger partial charge in [0, 0.05) is 36.7 Å². The van der Waals surface area contributed by atoms with Gasteiger partial charge < -0.3 is 24.8 Å². The van der Waals surface area contributed by atoms with E-state index in [1.54, 1.807) is 42.5 Å². The second-order valence-corrected chi connectivity index (χ2v) is 9.74. The van der Waals surface area contributed by atoms with E-state index >= 15 is 0 Å². The van der Waals surface area contributed by atoms with E-state index in [9.17, 15) is 13.2 Å². The first kappa shape index (κ1) is 26.6. The summed E-state index contributed by atoms with van der Waals surface area (Å²) >= 11 is 0. The lowest BCUT2D eigenvalue weighted by molar-refractivity contribution is -0.117. The van der Waals surface area contributed by atoms with Gasteiger partial charge >= 0.3 is 0 Å². The number of hydrogen-bond donors (Lipinski definition) is 3. The van der Waals surface area contributed by atoms with Gasteiger partial charge in [-0.3, -0.25) is 9.52 Å². The number of carbonyl (C=O) groups is 1. The smallest absolute Gasteiger partial charge is 0.263 e. The van der Waals surface area contributed by atoms with E-state index in [2.05, 4.69) is 25.3 Å². The van der Waals surface area contributed by atoms with Crippen LogP contribution in [0.4, 0.5) is 23.0 Å². The van der Waals surface area contributed by atoms with Crippen molar-refractivity contribution < 1.29 is 27.4 Å². The minimum atomic E-state index is -4.12. The highest BCUT2D eigenvalue weighted by Gasteiger charge is 2.20. The van der Waals surface area contributed by atoms with Gasteiger partial charge in [0.25, 0.3) is 10.0 Å². The molecule has 0 radical (unpaired) electrons. The van der Waals surface area contributed by atoms with E-state index in [-0.39, 0.29) is 35.5 Å². The Labute approximate surface area is 220 Å². The van der Waals surface area contributed by atoms with E-state index in [0.29, 0.717) is 33.9 Å². The van der Waals surface area contributed by atoms with Gasteiger partial charge in [-0.25, -0.2) is 18.4 Å². The first-order valence-corrected chi connectivity index (χ1v) is 13.0. The van der Waals surface area contributed by atoms with Crippen LogP contribution in [0.5, 0.6) is 11.5 Å². The Kier molecular flexibility index (Phi) is 8.24. The second kappa shape index (κ2) is 11.8. The van der Waals surface area contributed by atoms with Crippen molar-refractivity contribution in [3.63, 3.8) is 0 Å². The highest BCUT2D eigenvalue weighted by Crippen LogP contribution is 2.31. The van der Waals surface area contributed by atoms with Crippen molar-refractivity contribution in [2.75, 3.05) is 43.3 Å². The lowest BCUT2D eigenvalue weighted by Crippen LogP contribution is -2.17. The molecular formula is C26H27N5O6S. The molecule has 0 aliphatic heterocycles. The van der Waals surface area contributed by atoms with E-state index in [4.69, 9.17) is 14.2 Å². The van der Waals surface area contributed by atoms with Gasteiger partial charge in [-0.05, 0) is 30.3 Å². The molecule has 38 heavy (non-hydrogen) atoms. The molecule has 4 aromatic rings. The molecule has 0 fully saturated rings. The summed E-state index contributed by atoms with van der Waals surface area (Å²) in [5.41, 5.74) is 1.94. The maximum Gasteiger partial charge on any atom is 0.263 e. The van der Waals surface area contributed by atoms with E-state index in [0.717, 1.165) is 0 Å². The number of ether oxygens (including phenoxy) is 3. The normalized spacial score (nSPS) is 11.1. The fourth-order valence-corrected chi connectivity index (χ4v) is 4.57.